The molecular weight excluding hydrogens is 186 g/mol. The summed E-state index contributed by atoms with van der Waals surface area (Å²) in [6.07, 6.45) is 1.08. The van der Waals surface area contributed by atoms with E-state index in [2.05, 4.69) is 35.6 Å². The summed E-state index contributed by atoms with van der Waals surface area (Å²) in [6.45, 7) is 4.70. The molecule has 15 heavy (non-hydrogen) atoms. The third-order valence-corrected chi connectivity index (χ3v) is 2.54. The summed E-state index contributed by atoms with van der Waals surface area (Å²) in [7, 11) is 2.00. The first-order valence-corrected chi connectivity index (χ1v) is 5.65. The van der Waals surface area contributed by atoms with Crippen LogP contribution in [0.1, 0.15) is 24.8 Å². The van der Waals surface area contributed by atoms with Gasteiger partial charge in [0.05, 0.1) is 0 Å². The minimum absolute atomic E-state index is 0.558. The molecule has 0 aliphatic heterocycles. The maximum atomic E-state index is 5.40. The summed E-state index contributed by atoms with van der Waals surface area (Å²) in [5, 5.41) is 3.24. The summed E-state index contributed by atoms with van der Waals surface area (Å²) >= 11 is 0. The van der Waals surface area contributed by atoms with E-state index in [0.717, 1.165) is 26.2 Å². The molecule has 1 rings (SSSR count). The van der Waals surface area contributed by atoms with E-state index in [1.165, 1.54) is 5.56 Å². The molecule has 2 nitrogen and oxygen atoms in total. The van der Waals surface area contributed by atoms with Crippen molar-refractivity contribution in [2.45, 2.75) is 19.3 Å². The standard InChI is InChI=1S/C13H21NO/c1-3-15-10-9-13(11-14-2)12-7-5-4-6-8-12/h4-8,13-14H,3,9-11H2,1-2H3. The van der Waals surface area contributed by atoms with Gasteiger partial charge in [0, 0.05) is 19.8 Å². The molecule has 0 heterocycles. The van der Waals surface area contributed by atoms with E-state index in [1.54, 1.807) is 0 Å². The Morgan fingerprint density at radius 1 is 1.27 bits per heavy atom. The minimum atomic E-state index is 0.558. The molecule has 84 valence electrons. The quantitative estimate of drug-likeness (QED) is 0.693. The van der Waals surface area contributed by atoms with Crippen LogP contribution in [0.5, 0.6) is 0 Å². The Labute approximate surface area is 92.6 Å². The van der Waals surface area contributed by atoms with Gasteiger partial charge in [-0.25, -0.2) is 0 Å². The lowest BCUT2D eigenvalue weighted by Gasteiger charge is -2.16. The molecule has 0 saturated heterocycles. The summed E-state index contributed by atoms with van der Waals surface area (Å²) in [6, 6.07) is 10.6. The predicted molar refractivity (Wildman–Crippen MR) is 64.2 cm³/mol. The van der Waals surface area contributed by atoms with Crippen LogP contribution in [0.25, 0.3) is 0 Å². The zero-order valence-electron chi connectivity index (χ0n) is 9.70. The van der Waals surface area contributed by atoms with Gasteiger partial charge in [0.25, 0.3) is 0 Å². The van der Waals surface area contributed by atoms with Crippen molar-refractivity contribution in [2.75, 3.05) is 26.8 Å². The van der Waals surface area contributed by atoms with Crippen molar-refractivity contribution in [1.29, 1.82) is 0 Å². The molecule has 0 radical (unpaired) electrons. The Balaban J connectivity index is 2.50. The van der Waals surface area contributed by atoms with Crippen molar-refractivity contribution in [2.24, 2.45) is 0 Å². The van der Waals surface area contributed by atoms with Crippen LogP contribution in [0.2, 0.25) is 0 Å². The first-order valence-electron chi connectivity index (χ1n) is 5.65. The van der Waals surface area contributed by atoms with Gasteiger partial charge < -0.3 is 10.1 Å². The molecule has 0 aliphatic carbocycles. The van der Waals surface area contributed by atoms with E-state index in [0.29, 0.717) is 5.92 Å². The van der Waals surface area contributed by atoms with Crippen LogP contribution in [-0.2, 0) is 4.74 Å². The predicted octanol–water partition coefficient (Wildman–Crippen LogP) is 2.42. The lowest BCUT2D eigenvalue weighted by molar-refractivity contribution is 0.139. The van der Waals surface area contributed by atoms with Gasteiger partial charge in [-0.3, -0.25) is 0 Å². The zero-order valence-corrected chi connectivity index (χ0v) is 9.70. The summed E-state index contributed by atoms with van der Waals surface area (Å²) < 4.78 is 5.40. The van der Waals surface area contributed by atoms with Gasteiger partial charge in [-0.2, -0.15) is 0 Å². The van der Waals surface area contributed by atoms with Crippen molar-refractivity contribution in [3.05, 3.63) is 35.9 Å². The van der Waals surface area contributed by atoms with Gasteiger partial charge in [-0.15, -0.1) is 0 Å². The molecule has 0 saturated carbocycles. The van der Waals surface area contributed by atoms with Gasteiger partial charge in [0.15, 0.2) is 0 Å². The van der Waals surface area contributed by atoms with Crippen molar-refractivity contribution >= 4 is 0 Å². The fraction of sp³-hybridized carbons (Fsp3) is 0.538. The smallest absolute Gasteiger partial charge is 0.0472 e. The lowest BCUT2D eigenvalue weighted by atomic mass is 9.96. The van der Waals surface area contributed by atoms with Gasteiger partial charge >= 0.3 is 0 Å². The second-order valence-corrected chi connectivity index (χ2v) is 3.65. The molecule has 0 fully saturated rings. The fourth-order valence-electron chi connectivity index (χ4n) is 1.73. The molecule has 0 aromatic heterocycles. The second-order valence-electron chi connectivity index (χ2n) is 3.65. The highest BCUT2D eigenvalue weighted by atomic mass is 16.5. The number of likely N-dealkylation sites (N-methyl/N-ethyl adjacent to an activating group) is 1. The fourth-order valence-corrected chi connectivity index (χ4v) is 1.73. The van der Waals surface area contributed by atoms with Gasteiger partial charge in [-0.05, 0) is 31.9 Å². The van der Waals surface area contributed by atoms with E-state index < -0.39 is 0 Å². The normalized spacial score (nSPS) is 12.7. The Bertz CT molecular complexity index is 248. The highest BCUT2D eigenvalue weighted by Gasteiger charge is 2.09. The largest absolute Gasteiger partial charge is 0.382 e. The topological polar surface area (TPSA) is 21.3 Å². The number of ether oxygens (including phenoxy) is 1. The molecule has 1 aromatic rings. The van der Waals surface area contributed by atoms with Crippen molar-refractivity contribution in [1.82, 2.24) is 5.32 Å². The molecule has 1 N–H and O–H groups in total. The first-order chi connectivity index (χ1) is 7.38. The van der Waals surface area contributed by atoms with Crippen molar-refractivity contribution in [3.8, 4) is 0 Å². The van der Waals surface area contributed by atoms with Crippen molar-refractivity contribution < 1.29 is 4.74 Å². The van der Waals surface area contributed by atoms with Crippen LogP contribution in [0.4, 0.5) is 0 Å². The Morgan fingerprint density at radius 3 is 2.60 bits per heavy atom. The summed E-state index contributed by atoms with van der Waals surface area (Å²) in [5.74, 6) is 0.558. The van der Waals surface area contributed by atoms with Crippen LogP contribution in [0.3, 0.4) is 0 Å². The SMILES string of the molecule is CCOCCC(CNC)c1ccccc1. The highest BCUT2D eigenvalue weighted by molar-refractivity contribution is 5.19. The molecule has 0 amide bonds. The molecule has 1 aromatic carbocycles. The average Bonchev–Trinajstić information content (AvgIpc) is 2.29. The molecule has 0 aliphatic rings. The van der Waals surface area contributed by atoms with E-state index in [1.807, 2.05) is 14.0 Å². The summed E-state index contributed by atoms with van der Waals surface area (Å²) in [4.78, 5) is 0. The number of hydrogen-bond donors (Lipinski definition) is 1. The van der Waals surface area contributed by atoms with Crippen molar-refractivity contribution in [3.63, 3.8) is 0 Å². The molecule has 2 heteroatoms. The number of benzene rings is 1. The Hall–Kier alpha value is -0.860. The highest BCUT2D eigenvalue weighted by Crippen LogP contribution is 2.18. The van der Waals surface area contributed by atoms with E-state index >= 15 is 0 Å². The van der Waals surface area contributed by atoms with E-state index in [-0.39, 0.29) is 0 Å². The van der Waals surface area contributed by atoms with Crippen LogP contribution in [0, 0.1) is 0 Å². The van der Waals surface area contributed by atoms with Crippen LogP contribution < -0.4 is 5.32 Å². The lowest BCUT2D eigenvalue weighted by Crippen LogP contribution is -2.18. The molecule has 1 atom stereocenters. The average molecular weight is 207 g/mol. The van der Waals surface area contributed by atoms with Crippen LogP contribution in [-0.4, -0.2) is 26.8 Å². The Kier molecular flexibility index (Phi) is 6.05. The number of nitrogens with one attached hydrogen (secondary N) is 1. The summed E-state index contributed by atoms with van der Waals surface area (Å²) in [5.41, 5.74) is 1.39. The third-order valence-electron chi connectivity index (χ3n) is 2.54. The van der Waals surface area contributed by atoms with Gasteiger partial charge in [0.2, 0.25) is 0 Å². The van der Waals surface area contributed by atoms with Gasteiger partial charge in [-0.1, -0.05) is 30.3 Å². The second kappa shape index (κ2) is 7.43. The molecule has 0 bridgehead atoms. The molecular formula is C13H21NO. The van der Waals surface area contributed by atoms with Crippen LogP contribution >= 0.6 is 0 Å². The van der Waals surface area contributed by atoms with E-state index in [4.69, 9.17) is 4.74 Å². The monoisotopic (exact) mass is 207 g/mol. The number of rotatable bonds is 7. The Morgan fingerprint density at radius 2 is 2.00 bits per heavy atom. The number of hydrogen-bond acceptors (Lipinski definition) is 2. The van der Waals surface area contributed by atoms with Gasteiger partial charge in [0.1, 0.15) is 0 Å². The minimum Gasteiger partial charge on any atom is -0.382 e. The molecule has 0 spiro atoms. The maximum absolute atomic E-state index is 5.40. The zero-order chi connectivity index (χ0) is 10.9. The van der Waals surface area contributed by atoms with Crippen LogP contribution in [0.15, 0.2) is 30.3 Å². The maximum Gasteiger partial charge on any atom is 0.0472 e. The first kappa shape index (κ1) is 12.2. The molecule has 1 unspecified atom stereocenters. The van der Waals surface area contributed by atoms with E-state index in [9.17, 15) is 0 Å². The third kappa shape index (κ3) is 4.45.